The lowest BCUT2D eigenvalue weighted by molar-refractivity contribution is 0.0785. The summed E-state index contributed by atoms with van der Waals surface area (Å²) in [4.78, 5) is 14.0. The van der Waals surface area contributed by atoms with Crippen LogP contribution in [-0.4, -0.2) is 33.3 Å². The second kappa shape index (κ2) is 8.62. The normalized spacial score (nSPS) is 11.2. The zero-order valence-corrected chi connectivity index (χ0v) is 17.2. The number of hydrogen-bond acceptors (Lipinski definition) is 3. The van der Waals surface area contributed by atoms with Crippen LogP contribution in [0.15, 0.2) is 77.7 Å². The summed E-state index contributed by atoms with van der Waals surface area (Å²) in [5.74, 6) is -1.44. The maximum atomic E-state index is 14.0. The summed E-state index contributed by atoms with van der Waals surface area (Å²) in [5.41, 5.74) is 0.806. The monoisotopic (exact) mass is 430 g/mol. The van der Waals surface area contributed by atoms with Gasteiger partial charge in [-0.2, -0.15) is 0 Å². The fraction of sp³-hybridized carbons (Fsp3) is 0.136. The molecule has 3 aromatic carbocycles. The van der Waals surface area contributed by atoms with Crippen LogP contribution in [0.4, 0.5) is 14.5 Å². The van der Waals surface area contributed by atoms with Crippen LogP contribution in [0.3, 0.4) is 0 Å². The summed E-state index contributed by atoms with van der Waals surface area (Å²) in [5, 5.41) is 0. The van der Waals surface area contributed by atoms with Crippen molar-refractivity contribution in [2.75, 3.05) is 18.4 Å². The van der Waals surface area contributed by atoms with E-state index in [1.807, 2.05) is 0 Å². The molecule has 156 valence electrons. The van der Waals surface area contributed by atoms with Crippen molar-refractivity contribution in [2.24, 2.45) is 0 Å². The van der Waals surface area contributed by atoms with Crippen molar-refractivity contribution in [3.63, 3.8) is 0 Å². The Morgan fingerprint density at radius 2 is 1.57 bits per heavy atom. The van der Waals surface area contributed by atoms with Gasteiger partial charge in [-0.05, 0) is 48.0 Å². The second-order valence-electron chi connectivity index (χ2n) is 6.74. The molecule has 3 rings (SSSR count). The number of carbonyl (C=O) groups excluding carboxylic acids is 1. The van der Waals surface area contributed by atoms with Gasteiger partial charge in [0.2, 0.25) is 0 Å². The maximum absolute atomic E-state index is 14.0. The zero-order valence-electron chi connectivity index (χ0n) is 16.4. The Balaban J connectivity index is 1.85. The van der Waals surface area contributed by atoms with Crippen LogP contribution in [-0.2, 0) is 16.6 Å². The van der Waals surface area contributed by atoms with Crippen molar-refractivity contribution >= 4 is 21.6 Å². The smallest absolute Gasteiger partial charge is 0.264 e. The average molecular weight is 430 g/mol. The van der Waals surface area contributed by atoms with Gasteiger partial charge in [-0.15, -0.1) is 0 Å². The van der Waals surface area contributed by atoms with Gasteiger partial charge in [-0.1, -0.05) is 30.3 Å². The Kier molecular flexibility index (Phi) is 6.17. The predicted octanol–water partition coefficient (Wildman–Crippen LogP) is 4.06. The van der Waals surface area contributed by atoms with Crippen LogP contribution in [0.5, 0.6) is 0 Å². The van der Waals surface area contributed by atoms with Gasteiger partial charge in [-0.3, -0.25) is 9.10 Å². The first-order chi connectivity index (χ1) is 14.2. The van der Waals surface area contributed by atoms with E-state index in [0.29, 0.717) is 0 Å². The molecule has 0 aliphatic rings. The van der Waals surface area contributed by atoms with Gasteiger partial charge in [0, 0.05) is 26.2 Å². The Morgan fingerprint density at radius 1 is 0.900 bits per heavy atom. The molecule has 0 saturated carbocycles. The van der Waals surface area contributed by atoms with E-state index in [2.05, 4.69) is 0 Å². The highest BCUT2D eigenvalue weighted by Crippen LogP contribution is 2.25. The molecule has 1 amide bonds. The third-order valence-electron chi connectivity index (χ3n) is 4.61. The summed E-state index contributed by atoms with van der Waals surface area (Å²) in [6, 6.07) is 16.9. The first kappa shape index (κ1) is 21.4. The largest absolute Gasteiger partial charge is 0.337 e. The van der Waals surface area contributed by atoms with Crippen LogP contribution in [0.1, 0.15) is 15.9 Å². The number of nitrogens with zero attached hydrogens (tertiary/aromatic N) is 2. The zero-order chi connectivity index (χ0) is 21.9. The van der Waals surface area contributed by atoms with Crippen molar-refractivity contribution in [3.8, 4) is 0 Å². The number of para-hydroxylation sites is 1. The standard InChI is InChI=1S/C22H20F2N2O3S/c1-25(15-16-10-12-18(23)13-11-16)22(27)17-6-5-7-19(14-17)30(28,29)26(2)21-9-4-3-8-20(21)24/h3-14H,15H2,1-2H3. The Labute approximate surface area is 174 Å². The molecule has 0 spiro atoms. The van der Waals surface area contributed by atoms with Crippen molar-refractivity contribution in [1.82, 2.24) is 4.90 Å². The van der Waals surface area contributed by atoms with Gasteiger partial charge >= 0.3 is 0 Å². The van der Waals surface area contributed by atoms with E-state index in [0.717, 1.165) is 9.87 Å². The van der Waals surface area contributed by atoms with Gasteiger partial charge < -0.3 is 4.90 Å². The summed E-state index contributed by atoms with van der Waals surface area (Å²) < 4.78 is 53.8. The molecule has 8 heteroatoms. The molecule has 0 heterocycles. The predicted molar refractivity (Wildman–Crippen MR) is 111 cm³/mol. The number of anilines is 1. The maximum Gasteiger partial charge on any atom is 0.264 e. The van der Waals surface area contributed by atoms with E-state index >= 15 is 0 Å². The molecule has 0 bridgehead atoms. The van der Waals surface area contributed by atoms with Crippen molar-refractivity contribution < 1.29 is 22.0 Å². The number of sulfonamides is 1. The lowest BCUT2D eigenvalue weighted by Crippen LogP contribution is -2.29. The molecule has 3 aromatic rings. The minimum atomic E-state index is -4.08. The highest BCUT2D eigenvalue weighted by Gasteiger charge is 2.25. The van der Waals surface area contributed by atoms with Crippen LogP contribution in [0.2, 0.25) is 0 Å². The molecule has 5 nitrogen and oxygen atoms in total. The Morgan fingerprint density at radius 3 is 2.23 bits per heavy atom. The molecule has 0 aliphatic heterocycles. The second-order valence-corrected chi connectivity index (χ2v) is 8.71. The van der Waals surface area contributed by atoms with Crippen molar-refractivity contribution in [2.45, 2.75) is 11.4 Å². The van der Waals surface area contributed by atoms with Gasteiger partial charge in [0.1, 0.15) is 11.6 Å². The van der Waals surface area contributed by atoms with Crippen LogP contribution in [0.25, 0.3) is 0 Å². The minimum absolute atomic E-state index is 0.0948. The number of halogens is 2. The summed E-state index contributed by atoms with van der Waals surface area (Å²) in [6.07, 6.45) is 0. The molecule has 0 unspecified atom stereocenters. The van der Waals surface area contributed by atoms with E-state index in [1.165, 1.54) is 72.6 Å². The Hall–Kier alpha value is -3.26. The van der Waals surface area contributed by atoms with E-state index in [9.17, 15) is 22.0 Å². The fourth-order valence-corrected chi connectivity index (χ4v) is 4.19. The molecule has 0 atom stereocenters. The molecule has 0 saturated heterocycles. The summed E-state index contributed by atoms with van der Waals surface area (Å²) >= 11 is 0. The van der Waals surface area contributed by atoms with E-state index in [1.54, 1.807) is 19.2 Å². The first-order valence-electron chi connectivity index (χ1n) is 9.03. The third-order valence-corrected chi connectivity index (χ3v) is 6.38. The van der Waals surface area contributed by atoms with Gasteiger partial charge in [0.05, 0.1) is 10.6 Å². The molecule has 0 fully saturated rings. The van der Waals surface area contributed by atoms with Crippen molar-refractivity contribution in [3.05, 3.63) is 95.6 Å². The number of benzene rings is 3. The van der Waals surface area contributed by atoms with E-state index in [-0.39, 0.29) is 28.5 Å². The Bertz CT molecular complexity index is 1170. The summed E-state index contributed by atoms with van der Waals surface area (Å²) in [6.45, 7) is 0.227. The molecule has 0 aromatic heterocycles. The molecule has 0 radical (unpaired) electrons. The van der Waals surface area contributed by atoms with Crippen LogP contribution < -0.4 is 4.31 Å². The molecular formula is C22H20F2N2O3S. The van der Waals surface area contributed by atoms with Crippen LogP contribution >= 0.6 is 0 Å². The molecule has 0 aliphatic carbocycles. The summed E-state index contributed by atoms with van der Waals surface area (Å²) in [7, 11) is -1.26. The minimum Gasteiger partial charge on any atom is -0.337 e. The first-order valence-corrected chi connectivity index (χ1v) is 10.5. The topological polar surface area (TPSA) is 57.7 Å². The SMILES string of the molecule is CN(Cc1ccc(F)cc1)C(=O)c1cccc(S(=O)(=O)N(C)c2ccccc2F)c1. The number of amides is 1. The van der Waals surface area contributed by atoms with E-state index < -0.39 is 21.7 Å². The van der Waals surface area contributed by atoms with Crippen LogP contribution in [0, 0.1) is 11.6 Å². The number of rotatable bonds is 6. The lowest BCUT2D eigenvalue weighted by Gasteiger charge is -2.21. The number of carbonyl (C=O) groups is 1. The average Bonchev–Trinajstić information content (AvgIpc) is 2.74. The van der Waals surface area contributed by atoms with Gasteiger partial charge in [-0.25, -0.2) is 17.2 Å². The third kappa shape index (κ3) is 4.49. The number of hydrogen-bond donors (Lipinski definition) is 0. The highest BCUT2D eigenvalue weighted by atomic mass is 32.2. The fourth-order valence-electron chi connectivity index (χ4n) is 2.94. The highest BCUT2D eigenvalue weighted by molar-refractivity contribution is 7.92. The van der Waals surface area contributed by atoms with E-state index in [4.69, 9.17) is 0 Å². The lowest BCUT2D eigenvalue weighted by atomic mass is 10.1. The van der Waals surface area contributed by atoms with Crippen molar-refractivity contribution in [1.29, 1.82) is 0 Å². The molecule has 0 N–H and O–H groups in total. The molecule has 30 heavy (non-hydrogen) atoms. The quantitative estimate of drug-likeness (QED) is 0.593. The van der Waals surface area contributed by atoms with Gasteiger partial charge in [0.15, 0.2) is 0 Å². The molecular weight excluding hydrogens is 410 g/mol. The van der Waals surface area contributed by atoms with Gasteiger partial charge in [0.25, 0.3) is 15.9 Å².